The number of fused-ring (bicyclic) bond motifs is 3. The molecule has 0 saturated heterocycles. The number of furan rings is 1. The van der Waals surface area contributed by atoms with Crippen molar-refractivity contribution >= 4 is 28.0 Å². The normalized spacial score (nSPS) is 11.3. The second kappa shape index (κ2) is 7.38. The number of aromatic amines is 1. The highest BCUT2D eigenvalue weighted by Crippen LogP contribution is 2.36. The first-order valence-electron chi connectivity index (χ1n) is 8.79. The van der Waals surface area contributed by atoms with E-state index in [9.17, 15) is 18.4 Å². The molecule has 0 amide bonds. The van der Waals surface area contributed by atoms with Gasteiger partial charge in [-0.05, 0) is 36.8 Å². The quantitative estimate of drug-likeness (QED) is 0.491. The minimum Gasteiger partial charge on any atom is -0.462 e. The van der Waals surface area contributed by atoms with E-state index in [1.54, 1.807) is 31.2 Å². The summed E-state index contributed by atoms with van der Waals surface area (Å²) in [6.45, 7) is -1.25. The summed E-state index contributed by atoms with van der Waals surface area (Å²) >= 11 is 0. The molecular weight excluding hydrogens is 384 g/mol. The van der Waals surface area contributed by atoms with Crippen molar-refractivity contribution in [2.45, 2.75) is 13.5 Å². The minimum absolute atomic E-state index is 0.0490. The van der Waals surface area contributed by atoms with Gasteiger partial charge in [-0.15, -0.1) is 0 Å². The molecule has 1 N–H and O–H groups in total. The van der Waals surface area contributed by atoms with Crippen LogP contribution in [0.25, 0.3) is 33.2 Å². The predicted octanol–water partition coefficient (Wildman–Crippen LogP) is 4.72. The fourth-order valence-electron chi connectivity index (χ4n) is 3.23. The van der Waals surface area contributed by atoms with Crippen molar-refractivity contribution in [3.05, 3.63) is 64.4 Å². The summed E-state index contributed by atoms with van der Waals surface area (Å²) in [6.07, 6.45) is 0. The molecule has 0 fully saturated rings. The van der Waals surface area contributed by atoms with Crippen LogP contribution in [-0.2, 0) is 4.74 Å². The molecule has 2 aromatic heterocycles. The molecule has 0 bridgehead atoms. The molecule has 0 unspecified atom stereocenters. The lowest BCUT2D eigenvalue weighted by Crippen LogP contribution is -2.21. The number of rotatable bonds is 5. The second-order valence-corrected chi connectivity index (χ2v) is 6.13. The average Bonchev–Trinajstić information content (AvgIpc) is 3.05. The van der Waals surface area contributed by atoms with Gasteiger partial charge in [-0.3, -0.25) is 4.79 Å². The van der Waals surface area contributed by atoms with E-state index in [4.69, 9.17) is 9.15 Å². The first-order valence-corrected chi connectivity index (χ1v) is 8.79. The smallest absolute Gasteiger partial charge is 0.387 e. The van der Waals surface area contributed by atoms with E-state index in [1.165, 1.54) is 24.3 Å². The Balaban J connectivity index is 2.01. The van der Waals surface area contributed by atoms with Crippen LogP contribution in [0.15, 0.2) is 57.7 Å². The standard InChI is InChI=1S/C21H15F2NO5/c1-2-27-20(26)16-15(11-7-9-12(10-8-11)28-21(22)23)18-17(24-19(16)25)13-5-3-4-6-14(13)29-18/h3-10,21H,2H2,1H3,(H,24,25). The summed E-state index contributed by atoms with van der Waals surface area (Å²) in [5, 5.41) is 0.675. The van der Waals surface area contributed by atoms with Crippen molar-refractivity contribution in [1.82, 2.24) is 4.98 Å². The Morgan fingerprint density at radius 1 is 1.14 bits per heavy atom. The zero-order valence-electron chi connectivity index (χ0n) is 15.2. The topological polar surface area (TPSA) is 81.5 Å². The number of carbonyl (C=O) groups is 1. The van der Waals surface area contributed by atoms with Gasteiger partial charge in [0.2, 0.25) is 0 Å². The first kappa shape index (κ1) is 18.7. The summed E-state index contributed by atoms with van der Waals surface area (Å²) in [4.78, 5) is 28.0. The van der Waals surface area contributed by atoms with E-state index >= 15 is 0 Å². The fraction of sp³-hybridized carbons (Fsp3) is 0.143. The average molecular weight is 399 g/mol. The molecule has 6 nitrogen and oxygen atoms in total. The number of carbonyl (C=O) groups excluding carboxylic acids is 1. The second-order valence-electron chi connectivity index (χ2n) is 6.13. The zero-order chi connectivity index (χ0) is 20.5. The van der Waals surface area contributed by atoms with Gasteiger partial charge in [0, 0.05) is 10.9 Å². The van der Waals surface area contributed by atoms with Crippen LogP contribution in [-0.4, -0.2) is 24.2 Å². The molecule has 0 saturated carbocycles. The maximum absolute atomic E-state index is 12.8. The minimum atomic E-state index is -2.96. The van der Waals surface area contributed by atoms with Crippen molar-refractivity contribution < 1.29 is 27.5 Å². The molecule has 148 valence electrons. The van der Waals surface area contributed by atoms with E-state index in [2.05, 4.69) is 9.72 Å². The number of hydrogen-bond acceptors (Lipinski definition) is 5. The third kappa shape index (κ3) is 3.33. The summed E-state index contributed by atoms with van der Waals surface area (Å²) < 4.78 is 40.2. The highest BCUT2D eigenvalue weighted by molar-refractivity contribution is 6.12. The third-order valence-electron chi connectivity index (χ3n) is 4.39. The number of H-pyrrole nitrogens is 1. The van der Waals surface area contributed by atoms with Gasteiger partial charge in [-0.25, -0.2) is 4.79 Å². The molecule has 8 heteroatoms. The highest BCUT2D eigenvalue weighted by Gasteiger charge is 2.25. The molecule has 0 atom stereocenters. The molecule has 0 aliphatic rings. The van der Waals surface area contributed by atoms with Gasteiger partial charge < -0.3 is 18.9 Å². The van der Waals surface area contributed by atoms with Gasteiger partial charge in [-0.2, -0.15) is 8.78 Å². The Morgan fingerprint density at radius 3 is 2.55 bits per heavy atom. The maximum atomic E-state index is 12.8. The summed E-state index contributed by atoms with van der Waals surface area (Å²) in [6, 6.07) is 12.7. The monoisotopic (exact) mass is 399 g/mol. The van der Waals surface area contributed by atoms with Crippen molar-refractivity contribution in [2.24, 2.45) is 0 Å². The molecule has 29 heavy (non-hydrogen) atoms. The molecule has 4 aromatic rings. The Morgan fingerprint density at radius 2 is 1.86 bits per heavy atom. The van der Waals surface area contributed by atoms with E-state index in [0.29, 0.717) is 22.0 Å². The van der Waals surface area contributed by atoms with E-state index < -0.39 is 18.1 Å². The van der Waals surface area contributed by atoms with Gasteiger partial charge >= 0.3 is 12.6 Å². The highest BCUT2D eigenvalue weighted by atomic mass is 19.3. The van der Waals surface area contributed by atoms with Crippen LogP contribution in [0, 0.1) is 0 Å². The molecule has 0 aliphatic carbocycles. The van der Waals surface area contributed by atoms with E-state index in [0.717, 1.165) is 0 Å². The van der Waals surface area contributed by atoms with Crippen LogP contribution in [0.1, 0.15) is 17.3 Å². The van der Waals surface area contributed by atoms with Crippen molar-refractivity contribution in [2.75, 3.05) is 6.61 Å². The largest absolute Gasteiger partial charge is 0.462 e. The van der Waals surface area contributed by atoms with Gasteiger partial charge in [0.25, 0.3) is 5.56 Å². The number of aromatic nitrogens is 1. The zero-order valence-corrected chi connectivity index (χ0v) is 15.2. The molecule has 0 radical (unpaired) electrons. The number of benzene rings is 2. The summed E-state index contributed by atoms with van der Waals surface area (Å²) in [5.74, 6) is -0.855. The lowest BCUT2D eigenvalue weighted by atomic mass is 9.99. The molecular formula is C21H15F2NO5. The van der Waals surface area contributed by atoms with Gasteiger partial charge in [-0.1, -0.05) is 24.3 Å². The maximum Gasteiger partial charge on any atom is 0.387 e. The molecule has 2 aromatic carbocycles. The summed E-state index contributed by atoms with van der Waals surface area (Å²) in [7, 11) is 0. The Labute approximate surface area is 162 Å². The number of hydrogen-bond donors (Lipinski definition) is 1. The number of halogens is 2. The van der Waals surface area contributed by atoms with E-state index in [1.807, 2.05) is 0 Å². The van der Waals surface area contributed by atoms with Crippen molar-refractivity contribution in [3.63, 3.8) is 0 Å². The molecule has 4 rings (SSSR count). The lowest BCUT2D eigenvalue weighted by Gasteiger charge is -2.10. The van der Waals surface area contributed by atoms with Crippen LogP contribution >= 0.6 is 0 Å². The molecule has 0 spiro atoms. The number of alkyl halides is 2. The van der Waals surface area contributed by atoms with Crippen LogP contribution in [0.4, 0.5) is 8.78 Å². The lowest BCUT2D eigenvalue weighted by molar-refractivity contribution is -0.0498. The van der Waals surface area contributed by atoms with Crippen LogP contribution in [0.3, 0.4) is 0 Å². The number of pyridine rings is 1. The summed E-state index contributed by atoms with van der Waals surface area (Å²) in [5.41, 5.74) is 1.04. The van der Waals surface area contributed by atoms with Crippen LogP contribution < -0.4 is 10.3 Å². The van der Waals surface area contributed by atoms with Gasteiger partial charge in [0.15, 0.2) is 5.58 Å². The van der Waals surface area contributed by atoms with E-state index in [-0.39, 0.29) is 29.1 Å². The Bertz CT molecular complexity index is 1260. The first-order chi connectivity index (χ1) is 14.0. The Hall–Kier alpha value is -3.68. The SMILES string of the molecule is CCOC(=O)c1c(-c2ccc(OC(F)F)cc2)c2oc3ccccc3c2[nH]c1=O. The fourth-order valence-corrected chi connectivity index (χ4v) is 3.23. The van der Waals surface area contributed by atoms with Crippen LogP contribution in [0.5, 0.6) is 5.75 Å². The molecule has 2 heterocycles. The number of nitrogens with one attached hydrogen (secondary N) is 1. The third-order valence-corrected chi connectivity index (χ3v) is 4.39. The number of para-hydroxylation sites is 1. The van der Waals surface area contributed by atoms with Crippen LogP contribution in [0.2, 0.25) is 0 Å². The predicted molar refractivity (Wildman–Crippen MR) is 102 cm³/mol. The van der Waals surface area contributed by atoms with Gasteiger partial charge in [0.1, 0.15) is 16.9 Å². The Kier molecular flexibility index (Phi) is 4.75. The molecule has 0 aliphatic heterocycles. The van der Waals surface area contributed by atoms with Gasteiger partial charge in [0.05, 0.1) is 12.1 Å². The van der Waals surface area contributed by atoms with Crippen molar-refractivity contribution in [1.29, 1.82) is 0 Å². The van der Waals surface area contributed by atoms with Crippen molar-refractivity contribution in [3.8, 4) is 16.9 Å². The number of esters is 1. The number of ether oxygens (including phenoxy) is 2.